The van der Waals surface area contributed by atoms with Crippen molar-refractivity contribution < 1.29 is 4.79 Å². The van der Waals surface area contributed by atoms with Crippen LogP contribution in [-0.2, 0) is 11.2 Å². The summed E-state index contributed by atoms with van der Waals surface area (Å²) < 4.78 is 0. The van der Waals surface area contributed by atoms with Gasteiger partial charge in [-0.3, -0.25) is 4.79 Å². The molecule has 0 saturated heterocycles. The predicted octanol–water partition coefficient (Wildman–Crippen LogP) is 3.82. The molecule has 0 aliphatic heterocycles. The molecule has 22 heavy (non-hydrogen) atoms. The Morgan fingerprint density at radius 3 is 2.64 bits per heavy atom. The molecule has 0 heterocycles. The third-order valence-corrected chi connectivity index (χ3v) is 3.55. The fourth-order valence-corrected chi connectivity index (χ4v) is 2.32. The third kappa shape index (κ3) is 3.78. The van der Waals surface area contributed by atoms with Crippen molar-refractivity contribution in [2.45, 2.75) is 13.3 Å². The third-order valence-electron chi connectivity index (χ3n) is 3.24. The highest BCUT2D eigenvalue weighted by Gasteiger charge is 2.09. The van der Waals surface area contributed by atoms with Gasteiger partial charge in [0.25, 0.3) is 0 Å². The van der Waals surface area contributed by atoms with Crippen LogP contribution in [0.15, 0.2) is 42.5 Å². The van der Waals surface area contributed by atoms with E-state index in [0.717, 1.165) is 17.7 Å². The Labute approximate surface area is 134 Å². The minimum atomic E-state index is -0.176. The number of carbonyl (C=O) groups excluding carboxylic acids is 1. The van der Waals surface area contributed by atoms with E-state index in [4.69, 9.17) is 16.9 Å². The van der Waals surface area contributed by atoms with E-state index in [1.807, 2.05) is 37.3 Å². The fraction of sp³-hybridized carbons (Fsp3) is 0.176. The molecule has 0 aromatic heterocycles. The number of anilines is 2. The summed E-state index contributed by atoms with van der Waals surface area (Å²) in [6.07, 6.45) is 0.844. The highest BCUT2D eigenvalue weighted by molar-refractivity contribution is 6.32. The molecule has 112 valence electrons. The summed E-state index contributed by atoms with van der Waals surface area (Å²) in [4.78, 5) is 12.0. The number of rotatable bonds is 5. The Balaban J connectivity index is 2.02. The molecular weight excluding hydrogens is 298 g/mol. The standard InChI is InChI=1S/C17H16ClN3O/c1-2-12-6-3-4-8-15(12)21-17(22)11-20-16-9-5-7-14(18)13(16)10-19/h3-9,20H,2,11H2,1H3,(H,21,22). The zero-order valence-corrected chi connectivity index (χ0v) is 12.9. The number of carbonyl (C=O) groups is 1. The van der Waals surface area contributed by atoms with Crippen molar-refractivity contribution in [2.75, 3.05) is 17.2 Å². The number of hydrogen-bond donors (Lipinski definition) is 2. The van der Waals surface area contributed by atoms with E-state index in [1.165, 1.54) is 0 Å². The Morgan fingerprint density at radius 2 is 1.91 bits per heavy atom. The molecule has 1 amide bonds. The van der Waals surface area contributed by atoms with Crippen LogP contribution in [0.2, 0.25) is 5.02 Å². The minimum Gasteiger partial charge on any atom is -0.375 e. The largest absolute Gasteiger partial charge is 0.375 e. The first-order chi connectivity index (χ1) is 10.7. The zero-order chi connectivity index (χ0) is 15.9. The molecule has 4 nitrogen and oxygen atoms in total. The molecule has 2 rings (SSSR count). The van der Waals surface area contributed by atoms with Gasteiger partial charge in [-0.1, -0.05) is 42.8 Å². The number of hydrogen-bond acceptors (Lipinski definition) is 3. The van der Waals surface area contributed by atoms with Gasteiger partial charge in [0.15, 0.2) is 0 Å². The summed E-state index contributed by atoms with van der Waals surface area (Å²) in [7, 11) is 0. The van der Waals surface area contributed by atoms with Crippen molar-refractivity contribution in [1.29, 1.82) is 5.26 Å². The van der Waals surface area contributed by atoms with Crippen LogP contribution < -0.4 is 10.6 Å². The topological polar surface area (TPSA) is 64.9 Å². The molecular formula is C17H16ClN3O. The van der Waals surface area contributed by atoms with Gasteiger partial charge in [0.05, 0.1) is 22.8 Å². The molecule has 2 N–H and O–H groups in total. The number of amides is 1. The second kappa shape index (κ2) is 7.48. The van der Waals surface area contributed by atoms with Crippen molar-refractivity contribution in [3.8, 4) is 6.07 Å². The molecule has 0 aliphatic rings. The van der Waals surface area contributed by atoms with Crippen molar-refractivity contribution >= 4 is 28.9 Å². The quantitative estimate of drug-likeness (QED) is 0.881. The van der Waals surface area contributed by atoms with E-state index >= 15 is 0 Å². The van der Waals surface area contributed by atoms with Gasteiger partial charge in [-0.15, -0.1) is 0 Å². The summed E-state index contributed by atoms with van der Waals surface area (Å²) >= 11 is 5.95. The number of halogens is 1. The molecule has 0 bridgehead atoms. The van der Waals surface area contributed by atoms with Gasteiger partial charge in [-0.2, -0.15) is 5.26 Å². The fourth-order valence-electron chi connectivity index (χ4n) is 2.11. The average molecular weight is 314 g/mol. The summed E-state index contributed by atoms with van der Waals surface area (Å²) in [6, 6.07) is 14.8. The van der Waals surface area contributed by atoms with E-state index in [9.17, 15) is 4.79 Å². The van der Waals surface area contributed by atoms with Crippen molar-refractivity contribution in [3.05, 3.63) is 58.6 Å². The van der Waals surface area contributed by atoms with Crippen LogP contribution in [0.25, 0.3) is 0 Å². The second-order valence-corrected chi connectivity index (χ2v) is 5.09. The van der Waals surface area contributed by atoms with Gasteiger partial charge >= 0.3 is 0 Å². The van der Waals surface area contributed by atoms with E-state index < -0.39 is 0 Å². The van der Waals surface area contributed by atoms with Gasteiger partial charge in [0.2, 0.25) is 5.91 Å². The maximum Gasteiger partial charge on any atom is 0.243 e. The molecule has 0 spiro atoms. The Bertz CT molecular complexity index is 722. The molecule has 0 atom stereocenters. The summed E-state index contributed by atoms with van der Waals surface area (Å²) in [5, 5.41) is 15.3. The van der Waals surface area contributed by atoms with Gasteiger partial charge < -0.3 is 10.6 Å². The van der Waals surface area contributed by atoms with E-state index in [0.29, 0.717) is 16.3 Å². The molecule has 2 aromatic rings. The summed E-state index contributed by atoms with van der Waals surface area (Å²) in [6.45, 7) is 2.10. The van der Waals surface area contributed by atoms with Gasteiger partial charge in [-0.25, -0.2) is 0 Å². The van der Waals surface area contributed by atoms with Gasteiger partial charge in [0, 0.05) is 5.69 Å². The Morgan fingerprint density at radius 1 is 1.18 bits per heavy atom. The highest BCUT2D eigenvalue weighted by atomic mass is 35.5. The van der Waals surface area contributed by atoms with Crippen LogP contribution in [0.3, 0.4) is 0 Å². The molecule has 0 aliphatic carbocycles. The van der Waals surface area contributed by atoms with Crippen LogP contribution in [0, 0.1) is 11.3 Å². The maximum absolute atomic E-state index is 12.0. The molecule has 0 radical (unpaired) electrons. The minimum absolute atomic E-state index is 0.0626. The predicted molar refractivity (Wildman–Crippen MR) is 89.1 cm³/mol. The number of benzene rings is 2. The lowest BCUT2D eigenvalue weighted by Gasteiger charge is -2.12. The molecule has 5 heteroatoms. The van der Waals surface area contributed by atoms with Crippen molar-refractivity contribution in [1.82, 2.24) is 0 Å². The summed E-state index contributed by atoms with van der Waals surface area (Å²) in [5.41, 5.74) is 2.78. The van der Waals surface area contributed by atoms with Crippen molar-refractivity contribution in [2.24, 2.45) is 0 Å². The summed E-state index contributed by atoms with van der Waals surface area (Å²) in [5.74, 6) is -0.176. The number of para-hydroxylation sites is 1. The number of nitrogens with one attached hydrogen (secondary N) is 2. The molecule has 2 aromatic carbocycles. The van der Waals surface area contributed by atoms with E-state index in [2.05, 4.69) is 10.6 Å². The van der Waals surface area contributed by atoms with Crippen LogP contribution in [0.4, 0.5) is 11.4 Å². The average Bonchev–Trinajstić information content (AvgIpc) is 2.53. The van der Waals surface area contributed by atoms with Crippen molar-refractivity contribution in [3.63, 3.8) is 0 Å². The molecule has 0 saturated carbocycles. The number of nitriles is 1. The molecule has 0 unspecified atom stereocenters. The highest BCUT2D eigenvalue weighted by Crippen LogP contribution is 2.23. The smallest absolute Gasteiger partial charge is 0.243 e. The number of aryl methyl sites for hydroxylation is 1. The molecule has 0 fully saturated rings. The first kappa shape index (κ1) is 15.9. The lowest BCUT2D eigenvalue weighted by atomic mass is 10.1. The maximum atomic E-state index is 12.0. The Kier molecular flexibility index (Phi) is 5.40. The van der Waals surface area contributed by atoms with Crippen LogP contribution in [0.1, 0.15) is 18.1 Å². The van der Waals surface area contributed by atoms with Gasteiger partial charge in [-0.05, 0) is 30.2 Å². The number of nitrogens with zero attached hydrogens (tertiary/aromatic N) is 1. The SMILES string of the molecule is CCc1ccccc1NC(=O)CNc1cccc(Cl)c1C#N. The first-order valence-electron chi connectivity index (χ1n) is 6.96. The first-order valence-corrected chi connectivity index (χ1v) is 7.33. The normalized spacial score (nSPS) is 9.86. The lowest BCUT2D eigenvalue weighted by Crippen LogP contribution is -2.22. The Hall–Kier alpha value is -2.51. The second-order valence-electron chi connectivity index (χ2n) is 4.69. The lowest BCUT2D eigenvalue weighted by molar-refractivity contribution is -0.114. The van der Waals surface area contributed by atoms with Gasteiger partial charge in [0.1, 0.15) is 6.07 Å². The van der Waals surface area contributed by atoms with E-state index in [-0.39, 0.29) is 12.5 Å². The van der Waals surface area contributed by atoms with Crippen LogP contribution >= 0.6 is 11.6 Å². The zero-order valence-electron chi connectivity index (χ0n) is 12.2. The van der Waals surface area contributed by atoms with Crippen LogP contribution in [-0.4, -0.2) is 12.5 Å². The van der Waals surface area contributed by atoms with Crippen LogP contribution in [0.5, 0.6) is 0 Å². The monoisotopic (exact) mass is 313 g/mol. The van der Waals surface area contributed by atoms with E-state index in [1.54, 1.807) is 18.2 Å².